The van der Waals surface area contributed by atoms with Crippen molar-refractivity contribution in [2.75, 3.05) is 12.4 Å². The van der Waals surface area contributed by atoms with Gasteiger partial charge in [-0.3, -0.25) is 4.79 Å². The summed E-state index contributed by atoms with van der Waals surface area (Å²) in [6.45, 7) is 0. The van der Waals surface area contributed by atoms with Crippen molar-refractivity contribution in [2.45, 2.75) is 0 Å². The molecule has 0 spiro atoms. The Hall–Kier alpha value is -1.86. The Morgan fingerprint density at radius 2 is 1.67 bits per heavy atom. The number of rotatable bonds is 4. The second-order valence-electron chi connectivity index (χ2n) is 5.40. The van der Waals surface area contributed by atoms with Crippen LogP contribution in [0, 0.1) is 0 Å². The minimum Gasteiger partial charge on any atom is -0.465 e. The summed E-state index contributed by atoms with van der Waals surface area (Å²) in [5.41, 5.74) is 1.92. The topological polar surface area (TPSA) is 55.4 Å². The van der Waals surface area contributed by atoms with Crippen LogP contribution >= 0.6 is 50.5 Å². The molecule has 0 radical (unpaired) electrons. The maximum Gasteiger partial charge on any atom is 0.341 e. The van der Waals surface area contributed by atoms with Crippen molar-refractivity contribution in [1.82, 2.24) is 0 Å². The van der Waals surface area contributed by atoms with Gasteiger partial charge < -0.3 is 10.1 Å². The van der Waals surface area contributed by atoms with Crippen molar-refractivity contribution in [3.8, 4) is 11.1 Å². The fourth-order valence-electron chi connectivity index (χ4n) is 2.48. The van der Waals surface area contributed by atoms with Crippen molar-refractivity contribution in [2.24, 2.45) is 0 Å². The van der Waals surface area contributed by atoms with Crippen molar-refractivity contribution in [3.63, 3.8) is 0 Å². The molecular weight excluding hydrogens is 473 g/mol. The molecule has 1 aromatic heterocycles. The number of methoxy groups -OCH3 is 1. The zero-order chi connectivity index (χ0) is 19.6. The number of benzene rings is 2. The number of carbonyl (C=O) groups excluding carboxylic acids is 2. The second-order valence-corrected chi connectivity index (χ2v) is 8.01. The number of anilines is 1. The molecule has 1 N–H and O–H groups in total. The first kappa shape index (κ1) is 19.9. The molecule has 0 aliphatic carbocycles. The van der Waals surface area contributed by atoms with Gasteiger partial charge >= 0.3 is 5.97 Å². The van der Waals surface area contributed by atoms with Gasteiger partial charge in [-0.25, -0.2) is 4.79 Å². The number of hydrogen-bond donors (Lipinski definition) is 1. The molecule has 3 rings (SSSR count). The van der Waals surface area contributed by atoms with Crippen LogP contribution < -0.4 is 5.32 Å². The molecule has 3 aromatic rings. The molecule has 138 valence electrons. The van der Waals surface area contributed by atoms with Gasteiger partial charge in [0.05, 0.1) is 22.7 Å². The van der Waals surface area contributed by atoms with Gasteiger partial charge in [0, 0.05) is 15.4 Å². The zero-order valence-electron chi connectivity index (χ0n) is 13.9. The summed E-state index contributed by atoms with van der Waals surface area (Å²) in [6, 6.07) is 12.3. The summed E-state index contributed by atoms with van der Waals surface area (Å²) < 4.78 is 5.83. The lowest BCUT2D eigenvalue weighted by molar-refractivity contribution is 0.0603. The Morgan fingerprint density at radius 3 is 2.26 bits per heavy atom. The van der Waals surface area contributed by atoms with E-state index in [0.717, 1.165) is 10.0 Å². The van der Waals surface area contributed by atoms with Crippen LogP contribution in [-0.2, 0) is 4.74 Å². The van der Waals surface area contributed by atoms with E-state index in [1.807, 2.05) is 24.3 Å². The van der Waals surface area contributed by atoms with Gasteiger partial charge in [0.2, 0.25) is 0 Å². The Kier molecular flexibility index (Phi) is 6.22. The van der Waals surface area contributed by atoms with E-state index in [0.29, 0.717) is 10.6 Å². The van der Waals surface area contributed by atoms with Crippen LogP contribution in [0.1, 0.15) is 20.7 Å². The van der Waals surface area contributed by atoms with E-state index in [1.165, 1.54) is 18.4 Å². The van der Waals surface area contributed by atoms with E-state index in [2.05, 4.69) is 21.2 Å². The van der Waals surface area contributed by atoms with Crippen molar-refractivity contribution in [1.29, 1.82) is 0 Å². The van der Waals surface area contributed by atoms with Crippen LogP contribution in [0.4, 0.5) is 5.00 Å². The SMILES string of the molecule is COC(=O)c1c(-c2ccc(Br)cc2)csc1NC(=O)c1c(Cl)cccc1Cl. The fourth-order valence-corrected chi connectivity index (χ4v) is 4.26. The van der Waals surface area contributed by atoms with Crippen LogP contribution in [-0.4, -0.2) is 19.0 Å². The molecule has 0 saturated heterocycles. The molecule has 0 aliphatic heterocycles. The van der Waals surface area contributed by atoms with E-state index < -0.39 is 11.9 Å². The molecule has 8 heteroatoms. The average Bonchev–Trinajstić information content (AvgIpc) is 3.05. The van der Waals surface area contributed by atoms with Crippen LogP contribution in [0.25, 0.3) is 11.1 Å². The summed E-state index contributed by atoms with van der Waals surface area (Å²) in [6.07, 6.45) is 0. The van der Waals surface area contributed by atoms with Crippen LogP contribution in [0.5, 0.6) is 0 Å². The Balaban J connectivity index is 2.02. The van der Waals surface area contributed by atoms with Gasteiger partial charge in [0.1, 0.15) is 10.6 Å². The summed E-state index contributed by atoms with van der Waals surface area (Å²) in [5, 5.41) is 5.33. The Morgan fingerprint density at radius 1 is 1.04 bits per heavy atom. The minimum absolute atomic E-state index is 0.148. The van der Waals surface area contributed by atoms with Crippen LogP contribution in [0.3, 0.4) is 0 Å². The predicted molar refractivity (Wildman–Crippen MR) is 113 cm³/mol. The van der Waals surface area contributed by atoms with E-state index in [9.17, 15) is 9.59 Å². The second kappa shape index (κ2) is 8.44. The molecule has 0 aliphatic rings. The number of halogens is 3. The summed E-state index contributed by atoms with van der Waals surface area (Å²) in [5.74, 6) is -1.05. The maximum atomic E-state index is 12.7. The highest BCUT2D eigenvalue weighted by Gasteiger charge is 2.24. The van der Waals surface area contributed by atoms with Gasteiger partial charge in [0.15, 0.2) is 0 Å². The monoisotopic (exact) mass is 483 g/mol. The number of ether oxygens (including phenoxy) is 1. The largest absolute Gasteiger partial charge is 0.465 e. The highest BCUT2D eigenvalue weighted by atomic mass is 79.9. The van der Waals surface area contributed by atoms with Gasteiger partial charge in [0.25, 0.3) is 5.91 Å². The zero-order valence-corrected chi connectivity index (χ0v) is 17.8. The van der Waals surface area contributed by atoms with E-state index in [1.54, 1.807) is 23.6 Å². The lowest BCUT2D eigenvalue weighted by Crippen LogP contribution is -2.15. The van der Waals surface area contributed by atoms with Crippen LogP contribution in [0.15, 0.2) is 52.3 Å². The quantitative estimate of drug-likeness (QED) is 0.428. The van der Waals surface area contributed by atoms with Gasteiger partial charge in [-0.05, 0) is 29.8 Å². The predicted octanol–water partition coefficient (Wildman–Crippen LogP) is 6.52. The molecule has 27 heavy (non-hydrogen) atoms. The molecule has 1 heterocycles. The maximum absolute atomic E-state index is 12.7. The number of hydrogen-bond acceptors (Lipinski definition) is 4. The minimum atomic E-state index is -0.547. The normalized spacial score (nSPS) is 10.5. The molecule has 0 unspecified atom stereocenters. The smallest absolute Gasteiger partial charge is 0.341 e. The number of carbonyl (C=O) groups is 2. The number of nitrogens with one attached hydrogen (secondary N) is 1. The first-order chi connectivity index (χ1) is 12.9. The lowest BCUT2D eigenvalue weighted by Gasteiger charge is -2.10. The summed E-state index contributed by atoms with van der Waals surface area (Å²) >= 11 is 16.8. The lowest BCUT2D eigenvalue weighted by atomic mass is 10.0. The number of amides is 1. The number of thiophene rings is 1. The molecule has 1 amide bonds. The van der Waals surface area contributed by atoms with Gasteiger partial charge in [-0.1, -0.05) is 57.3 Å². The number of esters is 1. The highest BCUT2D eigenvalue weighted by Crippen LogP contribution is 2.37. The third-order valence-electron chi connectivity index (χ3n) is 3.75. The molecule has 0 fully saturated rings. The molecule has 0 saturated carbocycles. The summed E-state index contributed by atoms with van der Waals surface area (Å²) in [7, 11) is 1.29. The van der Waals surface area contributed by atoms with E-state index in [-0.39, 0.29) is 21.2 Å². The van der Waals surface area contributed by atoms with Crippen molar-refractivity contribution < 1.29 is 14.3 Å². The average molecular weight is 485 g/mol. The third kappa shape index (κ3) is 4.19. The van der Waals surface area contributed by atoms with Gasteiger partial charge in [-0.2, -0.15) is 0 Å². The first-order valence-corrected chi connectivity index (χ1v) is 10.1. The third-order valence-corrected chi connectivity index (χ3v) is 5.81. The van der Waals surface area contributed by atoms with Gasteiger partial charge in [-0.15, -0.1) is 11.3 Å². The first-order valence-electron chi connectivity index (χ1n) is 7.63. The Bertz CT molecular complexity index is 998. The Labute approximate surface area is 178 Å². The van der Waals surface area contributed by atoms with E-state index in [4.69, 9.17) is 27.9 Å². The molecule has 4 nitrogen and oxygen atoms in total. The molecule has 2 aromatic carbocycles. The van der Waals surface area contributed by atoms with Crippen molar-refractivity contribution in [3.05, 3.63) is 73.5 Å². The van der Waals surface area contributed by atoms with Crippen LogP contribution in [0.2, 0.25) is 10.0 Å². The standard InChI is InChI=1S/C19H12BrCl2NO3S/c1-26-19(25)15-12(10-5-7-11(20)8-6-10)9-27-18(15)23-17(24)16-13(21)3-2-4-14(16)22/h2-9H,1H3,(H,23,24). The summed E-state index contributed by atoms with van der Waals surface area (Å²) in [4.78, 5) is 25.1. The highest BCUT2D eigenvalue weighted by molar-refractivity contribution is 9.10. The van der Waals surface area contributed by atoms with E-state index >= 15 is 0 Å². The molecular formula is C19H12BrCl2NO3S. The van der Waals surface area contributed by atoms with Crippen molar-refractivity contribution >= 4 is 67.3 Å². The fraction of sp³-hybridized carbons (Fsp3) is 0.0526. The molecule has 0 atom stereocenters. The molecule has 0 bridgehead atoms.